The van der Waals surface area contributed by atoms with Gasteiger partial charge < -0.3 is 10.2 Å². The minimum absolute atomic E-state index is 0.0363. The number of carbonyl (C=O) groups excluding carboxylic acids is 1. The predicted molar refractivity (Wildman–Crippen MR) is 118 cm³/mol. The maximum atomic E-state index is 12.6. The summed E-state index contributed by atoms with van der Waals surface area (Å²) in [4.78, 5) is 40.0. The third-order valence-corrected chi connectivity index (χ3v) is 6.12. The third-order valence-electron chi connectivity index (χ3n) is 6.12. The summed E-state index contributed by atoms with van der Waals surface area (Å²) >= 11 is 0. The van der Waals surface area contributed by atoms with Crippen molar-refractivity contribution in [3.63, 3.8) is 0 Å². The van der Waals surface area contributed by atoms with E-state index in [2.05, 4.69) is 30.3 Å². The summed E-state index contributed by atoms with van der Waals surface area (Å²) in [6.45, 7) is 2.35. The number of nitrogens with one attached hydrogen (secondary N) is 1. The van der Waals surface area contributed by atoms with Crippen molar-refractivity contribution in [3.05, 3.63) is 59.3 Å². The first kappa shape index (κ1) is 20.3. The van der Waals surface area contributed by atoms with E-state index in [1.54, 1.807) is 34.2 Å². The number of nitrogens with zero attached hydrogens (tertiary/aromatic N) is 7. The number of rotatable bonds is 7. The number of hydrogen-bond acceptors (Lipinski definition) is 7. The Morgan fingerprint density at radius 1 is 1.06 bits per heavy atom. The van der Waals surface area contributed by atoms with Gasteiger partial charge in [-0.15, -0.1) is 0 Å². The second-order valence-electron chi connectivity index (χ2n) is 8.36. The van der Waals surface area contributed by atoms with Crippen LogP contribution >= 0.6 is 0 Å². The fourth-order valence-electron chi connectivity index (χ4n) is 4.06. The summed E-state index contributed by atoms with van der Waals surface area (Å²) in [5.74, 6) is 2.02. The zero-order chi connectivity index (χ0) is 21.9. The van der Waals surface area contributed by atoms with Crippen LogP contribution < -0.4 is 15.8 Å². The van der Waals surface area contributed by atoms with Crippen LogP contribution in [0.1, 0.15) is 37.3 Å². The highest BCUT2D eigenvalue weighted by molar-refractivity contribution is 5.78. The van der Waals surface area contributed by atoms with E-state index < -0.39 is 0 Å². The fourth-order valence-corrected chi connectivity index (χ4v) is 4.06. The number of aromatic nitrogens is 6. The van der Waals surface area contributed by atoms with E-state index >= 15 is 0 Å². The van der Waals surface area contributed by atoms with Gasteiger partial charge in [-0.25, -0.2) is 19.6 Å². The molecule has 1 saturated heterocycles. The Balaban J connectivity index is 1.10. The van der Waals surface area contributed by atoms with Crippen LogP contribution in [0.2, 0.25) is 0 Å². The van der Waals surface area contributed by atoms with Crippen molar-refractivity contribution < 1.29 is 4.79 Å². The lowest BCUT2D eigenvalue weighted by molar-refractivity contribution is -0.125. The van der Waals surface area contributed by atoms with Crippen molar-refractivity contribution in [1.82, 2.24) is 34.6 Å². The van der Waals surface area contributed by atoms with Crippen LogP contribution in [0, 0.1) is 5.92 Å². The van der Waals surface area contributed by atoms with Crippen molar-refractivity contribution in [3.8, 4) is 5.82 Å². The normalized spacial score (nSPS) is 16.8. The van der Waals surface area contributed by atoms with Crippen LogP contribution in [0.4, 0.5) is 5.82 Å². The van der Waals surface area contributed by atoms with Crippen LogP contribution in [0.25, 0.3) is 5.82 Å². The largest absolute Gasteiger partial charge is 0.356 e. The maximum absolute atomic E-state index is 12.6. The maximum Gasteiger partial charge on any atom is 0.253 e. The molecule has 1 saturated carbocycles. The molecule has 0 unspecified atom stereocenters. The smallest absolute Gasteiger partial charge is 0.253 e. The molecule has 1 N–H and O–H groups in total. The molecular weight excluding hydrogens is 408 g/mol. The average molecular weight is 435 g/mol. The number of piperidine rings is 1. The molecule has 0 radical (unpaired) electrons. The van der Waals surface area contributed by atoms with Gasteiger partial charge in [0.2, 0.25) is 5.91 Å². The van der Waals surface area contributed by atoms with E-state index in [0.717, 1.165) is 56.1 Å². The van der Waals surface area contributed by atoms with Gasteiger partial charge in [-0.1, -0.05) is 0 Å². The monoisotopic (exact) mass is 434 g/mol. The van der Waals surface area contributed by atoms with Crippen LogP contribution in [0.3, 0.4) is 0 Å². The number of anilines is 1. The molecule has 1 amide bonds. The molecule has 0 spiro atoms. The van der Waals surface area contributed by atoms with E-state index in [0.29, 0.717) is 19.0 Å². The van der Waals surface area contributed by atoms with E-state index in [1.807, 2.05) is 18.3 Å². The van der Waals surface area contributed by atoms with Crippen LogP contribution in [0.5, 0.6) is 0 Å². The molecule has 2 aliphatic rings. The Labute approximate surface area is 185 Å². The van der Waals surface area contributed by atoms with Crippen molar-refractivity contribution in [2.24, 2.45) is 5.92 Å². The molecule has 1 aliphatic heterocycles. The molecular formula is C22H26N8O2. The molecule has 10 nitrogen and oxygen atoms in total. The standard InChI is InChI=1S/C22H26N8O2/c31-21-12-18(16-2-3-16)26-15-29(21)11-7-23-22(32)17-4-9-28(10-5-17)19-13-20(25-14-24-19)30-8-1-6-27-30/h1,6,8,12-17H,2-5,7,9-11H2,(H,23,32). The first-order chi connectivity index (χ1) is 15.7. The predicted octanol–water partition coefficient (Wildman–Crippen LogP) is 1.13. The highest BCUT2D eigenvalue weighted by Crippen LogP contribution is 2.38. The van der Waals surface area contributed by atoms with Crippen molar-refractivity contribution in [2.75, 3.05) is 24.5 Å². The van der Waals surface area contributed by atoms with Crippen molar-refractivity contribution >= 4 is 11.7 Å². The third kappa shape index (κ3) is 4.53. The first-order valence-corrected chi connectivity index (χ1v) is 11.1. The van der Waals surface area contributed by atoms with E-state index in [4.69, 9.17) is 0 Å². The van der Waals surface area contributed by atoms with E-state index in [1.165, 1.54) is 0 Å². The second-order valence-corrected chi connectivity index (χ2v) is 8.36. The second kappa shape index (κ2) is 8.89. The Morgan fingerprint density at radius 3 is 2.59 bits per heavy atom. The molecule has 32 heavy (non-hydrogen) atoms. The van der Waals surface area contributed by atoms with E-state index in [-0.39, 0.29) is 17.4 Å². The Hall–Kier alpha value is -3.56. The summed E-state index contributed by atoms with van der Waals surface area (Å²) in [7, 11) is 0. The summed E-state index contributed by atoms with van der Waals surface area (Å²) in [6, 6.07) is 5.38. The lowest BCUT2D eigenvalue weighted by atomic mass is 9.96. The van der Waals surface area contributed by atoms with E-state index in [9.17, 15) is 9.59 Å². The van der Waals surface area contributed by atoms with Gasteiger partial charge in [0.15, 0.2) is 5.82 Å². The average Bonchev–Trinajstić information content (AvgIpc) is 3.53. The topological polar surface area (TPSA) is 111 Å². The quantitative estimate of drug-likeness (QED) is 0.593. The van der Waals surface area contributed by atoms with Crippen LogP contribution in [-0.2, 0) is 11.3 Å². The summed E-state index contributed by atoms with van der Waals surface area (Å²) < 4.78 is 3.26. The minimum Gasteiger partial charge on any atom is -0.356 e. The van der Waals surface area contributed by atoms with Crippen molar-refractivity contribution in [2.45, 2.75) is 38.1 Å². The van der Waals surface area contributed by atoms with Gasteiger partial charge in [0.05, 0.1) is 12.0 Å². The molecule has 1 aliphatic carbocycles. The summed E-state index contributed by atoms with van der Waals surface area (Å²) in [5.41, 5.74) is 0.839. The van der Waals surface area contributed by atoms with Crippen LogP contribution in [-0.4, -0.2) is 54.8 Å². The van der Waals surface area contributed by atoms with Gasteiger partial charge in [0.25, 0.3) is 5.56 Å². The zero-order valence-corrected chi connectivity index (χ0v) is 17.8. The number of amides is 1. The SMILES string of the molecule is O=C(NCCn1cnc(C2CC2)cc1=O)C1CCN(c2cc(-n3cccn3)ncn2)CC1. The molecule has 2 fully saturated rings. The molecule has 4 heterocycles. The molecule has 0 atom stereocenters. The van der Waals surface area contributed by atoms with Gasteiger partial charge in [0, 0.05) is 62.5 Å². The first-order valence-electron chi connectivity index (χ1n) is 11.1. The van der Waals surface area contributed by atoms with Gasteiger partial charge in [-0.05, 0) is 31.7 Å². The highest BCUT2D eigenvalue weighted by Gasteiger charge is 2.26. The highest BCUT2D eigenvalue weighted by atomic mass is 16.2. The van der Waals surface area contributed by atoms with Gasteiger partial charge in [-0.3, -0.25) is 14.2 Å². The number of hydrogen-bond donors (Lipinski definition) is 1. The fraction of sp³-hybridized carbons (Fsp3) is 0.455. The molecule has 0 aromatic carbocycles. The Morgan fingerprint density at radius 2 is 1.88 bits per heavy atom. The number of carbonyl (C=O) groups is 1. The lowest BCUT2D eigenvalue weighted by Crippen LogP contribution is -2.42. The molecule has 10 heteroatoms. The van der Waals surface area contributed by atoms with Gasteiger partial charge in [-0.2, -0.15) is 5.10 Å². The molecule has 3 aromatic rings. The zero-order valence-electron chi connectivity index (χ0n) is 17.8. The molecule has 0 bridgehead atoms. The van der Waals surface area contributed by atoms with Gasteiger partial charge in [0.1, 0.15) is 12.1 Å². The minimum atomic E-state index is -0.0520. The molecule has 3 aromatic heterocycles. The Bertz CT molecular complexity index is 1130. The van der Waals surface area contributed by atoms with Gasteiger partial charge >= 0.3 is 0 Å². The lowest BCUT2D eigenvalue weighted by Gasteiger charge is -2.32. The molecule has 166 valence electrons. The van der Waals surface area contributed by atoms with Crippen molar-refractivity contribution in [1.29, 1.82) is 0 Å². The summed E-state index contributed by atoms with van der Waals surface area (Å²) in [6.07, 6.45) is 10.4. The molecule has 5 rings (SSSR count). The Kier molecular flexibility index (Phi) is 5.66. The summed E-state index contributed by atoms with van der Waals surface area (Å²) in [5, 5.41) is 7.19. The van der Waals surface area contributed by atoms with Crippen LogP contribution in [0.15, 0.2) is 48.0 Å².